The zero-order valence-electron chi connectivity index (χ0n) is 19.4. The summed E-state index contributed by atoms with van der Waals surface area (Å²) in [7, 11) is -6.00. The largest absolute Gasteiger partial charge is 0.747 e. The van der Waals surface area contributed by atoms with Crippen LogP contribution in [0.2, 0.25) is 0 Å². The number of H-pyrrole nitrogens is 1. The lowest BCUT2D eigenvalue weighted by Gasteiger charge is -2.25. The molecule has 1 aromatic rings. The van der Waals surface area contributed by atoms with Gasteiger partial charge in [-0.15, -0.1) is 9.42 Å². The van der Waals surface area contributed by atoms with Crippen LogP contribution in [0.15, 0.2) is 15.8 Å². The molecule has 38 heavy (non-hydrogen) atoms. The molecule has 18 nitrogen and oxygen atoms in total. The second-order valence-corrected chi connectivity index (χ2v) is 9.34. The Morgan fingerprint density at radius 1 is 1.34 bits per heavy atom. The quantitative estimate of drug-likeness (QED) is 0.0859. The minimum atomic E-state index is -3.11. The van der Waals surface area contributed by atoms with Crippen LogP contribution < -0.4 is 16.6 Å². The highest BCUT2D eigenvalue weighted by atomic mass is 31.2. The topological polar surface area (TPSA) is 284 Å². The van der Waals surface area contributed by atoms with Gasteiger partial charge in [-0.25, -0.2) is 4.79 Å². The second-order valence-electron chi connectivity index (χ2n) is 7.51. The summed E-state index contributed by atoms with van der Waals surface area (Å²) in [6.07, 6.45) is -7.46. The lowest BCUT2D eigenvalue weighted by Crippen LogP contribution is -2.53. The number of hydrogen-bond donors (Lipinski definition) is 8. The maximum Gasteiger partial charge on any atom is 0.747 e. The van der Waals surface area contributed by atoms with Crippen LogP contribution in [0.25, 0.3) is 0 Å². The minimum Gasteiger partial charge on any atom is -0.394 e. The Hall–Kier alpha value is -2.41. The number of rotatable bonds is 12. The zero-order chi connectivity index (χ0) is 29.2. The fraction of sp³-hybridized carbons (Fsp3) is 0.647. The molecule has 9 atom stereocenters. The fourth-order valence-corrected chi connectivity index (χ4v) is 3.82. The highest BCUT2D eigenvalue weighted by Gasteiger charge is 2.42. The summed E-state index contributed by atoms with van der Waals surface area (Å²) in [5.41, 5.74) is -2.11. The van der Waals surface area contributed by atoms with E-state index in [4.69, 9.17) is 19.8 Å². The molecule has 0 bridgehead atoms. The van der Waals surface area contributed by atoms with Crippen molar-refractivity contribution in [2.75, 3.05) is 13.2 Å². The lowest BCUT2D eigenvalue weighted by molar-refractivity contribution is -0.129. The number of nitrogens with one attached hydrogen (secondary N) is 2. The third-order valence-electron chi connectivity index (χ3n) is 4.74. The SMILES string of the molecule is CC(=O)N[C@@H](C=O)[C@@H](O)[C@H](O)[C@H](O)CO.O=c1[nH]c(=O)n([C@H]2C[C@H](O)[C@@H](CO[P+](=O)O[P+](=O)O)O2)cc1F. The summed E-state index contributed by atoms with van der Waals surface area (Å²) in [5.74, 6) is -1.76. The molecule has 2 unspecified atom stereocenters. The number of carbonyl (C=O) groups excluding carboxylic acids is 2. The van der Waals surface area contributed by atoms with Crippen molar-refractivity contribution in [3.05, 3.63) is 32.9 Å². The molecule has 1 aliphatic heterocycles. The maximum atomic E-state index is 13.2. The predicted octanol–water partition coefficient (Wildman–Crippen LogP) is -3.57. The molecule has 1 fully saturated rings. The summed E-state index contributed by atoms with van der Waals surface area (Å²) in [4.78, 5) is 53.7. The number of ether oxygens (including phenoxy) is 1. The Morgan fingerprint density at radius 2 is 1.97 bits per heavy atom. The van der Waals surface area contributed by atoms with Gasteiger partial charge in [0.05, 0.1) is 18.9 Å². The van der Waals surface area contributed by atoms with Gasteiger partial charge in [-0.05, 0) is 0 Å². The number of nitrogens with zero attached hydrogens (tertiary/aromatic N) is 1. The van der Waals surface area contributed by atoms with Gasteiger partial charge in [0.25, 0.3) is 5.56 Å². The van der Waals surface area contributed by atoms with Gasteiger partial charge in [0.2, 0.25) is 11.7 Å². The van der Waals surface area contributed by atoms with E-state index in [1.54, 1.807) is 4.98 Å². The van der Waals surface area contributed by atoms with Crippen LogP contribution in [-0.2, 0) is 32.3 Å². The third kappa shape index (κ3) is 10.4. The van der Waals surface area contributed by atoms with E-state index in [9.17, 15) is 48.0 Å². The van der Waals surface area contributed by atoms with Gasteiger partial charge in [-0.1, -0.05) is 0 Å². The molecule has 1 saturated heterocycles. The van der Waals surface area contributed by atoms with Gasteiger partial charge in [0.15, 0.2) is 4.31 Å². The van der Waals surface area contributed by atoms with Crippen LogP contribution in [0.5, 0.6) is 0 Å². The van der Waals surface area contributed by atoms with Crippen molar-refractivity contribution in [1.82, 2.24) is 14.9 Å². The van der Waals surface area contributed by atoms with Crippen LogP contribution in [0.3, 0.4) is 0 Å². The summed E-state index contributed by atoms with van der Waals surface area (Å²) in [6, 6.07) is -1.32. The molecule has 1 amide bonds. The third-order valence-corrected chi connectivity index (χ3v) is 6.19. The Kier molecular flexibility index (Phi) is 14.0. The molecule has 1 aromatic heterocycles. The average molecular weight is 593 g/mol. The van der Waals surface area contributed by atoms with Gasteiger partial charge in [0.1, 0.15) is 49.6 Å². The molecule has 0 saturated carbocycles. The average Bonchev–Trinajstić information content (AvgIpc) is 3.21. The molecule has 2 rings (SSSR count). The van der Waals surface area contributed by atoms with Gasteiger partial charge in [-0.3, -0.25) is 19.1 Å². The number of aromatic nitrogens is 2. The Balaban J connectivity index is 0.000000420. The fourth-order valence-electron chi connectivity index (χ4n) is 2.91. The van der Waals surface area contributed by atoms with Crippen molar-refractivity contribution in [3.63, 3.8) is 0 Å². The van der Waals surface area contributed by atoms with E-state index < -0.39 is 95.5 Å². The van der Waals surface area contributed by atoms with Gasteiger partial charge in [0, 0.05) is 22.5 Å². The second kappa shape index (κ2) is 15.9. The maximum absolute atomic E-state index is 13.2. The van der Waals surface area contributed by atoms with E-state index in [0.29, 0.717) is 6.20 Å². The van der Waals surface area contributed by atoms with Crippen LogP contribution in [0.4, 0.5) is 4.39 Å². The Morgan fingerprint density at radius 3 is 2.50 bits per heavy atom. The monoisotopic (exact) mass is 593 g/mol. The molecular formula is C17H26FN3O15P2+2. The van der Waals surface area contributed by atoms with E-state index in [0.717, 1.165) is 11.5 Å². The van der Waals surface area contributed by atoms with Crippen molar-refractivity contribution in [1.29, 1.82) is 0 Å². The lowest BCUT2D eigenvalue weighted by atomic mass is 10.0. The van der Waals surface area contributed by atoms with E-state index in [1.807, 2.05) is 0 Å². The van der Waals surface area contributed by atoms with E-state index in [1.165, 1.54) is 0 Å². The van der Waals surface area contributed by atoms with Crippen LogP contribution in [-0.4, -0.2) is 102 Å². The highest BCUT2D eigenvalue weighted by Crippen LogP contribution is 2.37. The number of amides is 1. The molecule has 214 valence electrons. The first-order valence-corrected chi connectivity index (χ1v) is 12.6. The predicted molar refractivity (Wildman–Crippen MR) is 119 cm³/mol. The number of hydrogen-bond acceptors (Lipinski definition) is 14. The molecule has 1 aliphatic rings. The van der Waals surface area contributed by atoms with Crippen molar-refractivity contribution >= 4 is 28.7 Å². The van der Waals surface area contributed by atoms with E-state index in [2.05, 4.69) is 14.2 Å². The molecule has 0 radical (unpaired) electrons. The molecule has 0 spiro atoms. The normalized spacial score (nSPS) is 22.8. The zero-order valence-corrected chi connectivity index (χ0v) is 21.2. The summed E-state index contributed by atoms with van der Waals surface area (Å²) in [6.45, 7) is -0.0847. The van der Waals surface area contributed by atoms with E-state index in [-0.39, 0.29) is 12.7 Å². The van der Waals surface area contributed by atoms with Gasteiger partial charge in [-0.2, -0.15) is 4.39 Å². The van der Waals surface area contributed by atoms with Crippen LogP contribution >= 0.6 is 16.5 Å². The number of carbonyl (C=O) groups is 2. The van der Waals surface area contributed by atoms with Crippen molar-refractivity contribution < 1.29 is 67.1 Å². The smallest absolute Gasteiger partial charge is 0.394 e. The van der Waals surface area contributed by atoms with Crippen molar-refractivity contribution in [2.45, 2.75) is 56.1 Å². The molecule has 0 aromatic carbocycles. The number of aliphatic hydroxyl groups is 5. The number of aliphatic hydroxyl groups excluding tert-OH is 5. The Bertz CT molecular complexity index is 1100. The number of aromatic amines is 1. The molecule has 8 N–H and O–H groups in total. The summed E-state index contributed by atoms with van der Waals surface area (Å²) < 4.78 is 49.2. The Labute approximate surface area is 213 Å². The first-order valence-electron chi connectivity index (χ1n) is 10.4. The first-order chi connectivity index (χ1) is 17.7. The van der Waals surface area contributed by atoms with Crippen LogP contribution in [0.1, 0.15) is 19.6 Å². The number of halogens is 1. The first kappa shape index (κ1) is 33.6. The summed E-state index contributed by atoms with van der Waals surface area (Å²) >= 11 is 0. The van der Waals surface area contributed by atoms with Gasteiger partial charge < -0.3 is 40.4 Å². The van der Waals surface area contributed by atoms with Crippen molar-refractivity contribution in [3.8, 4) is 0 Å². The number of aldehydes is 1. The van der Waals surface area contributed by atoms with Crippen molar-refractivity contribution in [2.24, 2.45) is 0 Å². The molecule has 21 heteroatoms. The minimum absolute atomic E-state index is 0.120. The van der Waals surface area contributed by atoms with Gasteiger partial charge >= 0.3 is 22.2 Å². The molecular weight excluding hydrogens is 567 g/mol. The summed E-state index contributed by atoms with van der Waals surface area (Å²) in [5, 5.41) is 48.0. The molecule has 2 heterocycles. The van der Waals surface area contributed by atoms with E-state index >= 15 is 0 Å². The molecule has 0 aliphatic carbocycles. The standard InChI is InChI=1S/C9H9FN2O9P2.C8H15NO6/c10-4-2-12(9(15)11-8(4)14)7-1-5(13)6(20-7)3-19-23(18)21-22(16)17;1-4(12)9-5(2-10)7(14)8(15)6(13)3-11/h2,5-7,13H,1,3H2;2,5-8,11,13-15H,3H2,1H3,(H,9,12)/p+2/t5-,6+,7+;5-,6+,7+,8+/m00/s1. The highest BCUT2D eigenvalue weighted by molar-refractivity contribution is 7.47. The van der Waals surface area contributed by atoms with Crippen LogP contribution in [0, 0.1) is 5.82 Å².